The molecule has 20 heavy (non-hydrogen) atoms. The van der Waals surface area contributed by atoms with Crippen LogP contribution in [0.4, 0.5) is 11.6 Å². The predicted octanol–water partition coefficient (Wildman–Crippen LogP) is 0.875. The average molecular weight is 301 g/mol. The van der Waals surface area contributed by atoms with Crippen molar-refractivity contribution < 1.29 is 8.42 Å². The number of hydrogen-bond donors (Lipinski definition) is 3. The van der Waals surface area contributed by atoms with Crippen LogP contribution in [0.5, 0.6) is 0 Å². The average Bonchev–Trinajstić information content (AvgIpc) is 2.26. The van der Waals surface area contributed by atoms with Crippen LogP contribution in [0.25, 0.3) is 0 Å². The fourth-order valence-electron chi connectivity index (χ4n) is 1.89. The lowest BCUT2D eigenvalue weighted by molar-refractivity contribution is 0.475. The molecule has 1 heterocycles. The van der Waals surface area contributed by atoms with Gasteiger partial charge in [0, 0.05) is 24.7 Å². The van der Waals surface area contributed by atoms with E-state index in [1.165, 1.54) is 0 Å². The van der Waals surface area contributed by atoms with Crippen molar-refractivity contribution in [1.29, 1.82) is 0 Å². The Bertz CT molecular complexity index is 584. The van der Waals surface area contributed by atoms with Crippen LogP contribution in [0.1, 0.15) is 25.2 Å². The molecule has 0 aliphatic rings. The van der Waals surface area contributed by atoms with E-state index >= 15 is 0 Å². The maximum atomic E-state index is 11.3. The number of nitrogens with zero attached hydrogens (tertiary/aromatic N) is 2. The van der Waals surface area contributed by atoms with Crippen LogP contribution in [0, 0.1) is 13.8 Å². The topological polar surface area (TPSA) is 96.0 Å². The number of aromatic nitrogens is 2. The molecule has 0 unspecified atom stereocenters. The predicted molar refractivity (Wildman–Crippen MR) is 81.6 cm³/mol. The summed E-state index contributed by atoms with van der Waals surface area (Å²) in [6.45, 7) is 7.75. The van der Waals surface area contributed by atoms with E-state index in [2.05, 4.69) is 25.3 Å². The lowest BCUT2D eigenvalue weighted by Crippen LogP contribution is -2.47. The second-order valence-electron chi connectivity index (χ2n) is 5.45. The molecule has 0 radical (unpaired) electrons. The molecule has 0 aliphatic carbocycles. The molecule has 0 atom stereocenters. The fraction of sp³-hybridized carbons (Fsp3) is 0.667. The smallest absolute Gasteiger partial charge is 0.209 e. The highest BCUT2D eigenvalue weighted by Gasteiger charge is 2.22. The molecular formula is C12H23N5O2S. The van der Waals surface area contributed by atoms with Gasteiger partial charge in [0.15, 0.2) is 0 Å². The molecule has 0 spiro atoms. The van der Waals surface area contributed by atoms with Crippen LogP contribution in [0.15, 0.2) is 0 Å². The molecule has 0 amide bonds. The highest BCUT2D eigenvalue weighted by Crippen LogP contribution is 2.20. The van der Waals surface area contributed by atoms with Crippen molar-refractivity contribution >= 4 is 21.7 Å². The van der Waals surface area contributed by atoms with Crippen molar-refractivity contribution in [3.05, 3.63) is 11.4 Å². The summed E-state index contributed by atoms with van der Waals surface area (Å²) >= 11 is 0. The number of aryl methyl sites for hydroxylation is 1. The number of anilines is 2. The van der Waals surface area contributed by atoms with Gasteiger partial charge in [0.25, 0.3) is 0 Å². The van der Waals surface area contributed by atoms with Gasteiger partial charge in [0.05, 0.1) is 6.26 Å². The van der Waals surface area contributed by atoms with Gasteiger partial charge >= 0.3 is 0 Å². The minimum atomic E-state index is -3.25. The van der Waals surface area contributed by atoms with Crippen LogP contribution in [0.2, 0.25) is 0 Å². The largest absolute Gasteiger partial charge is 0.373 e. The second kappa shape index (κ2) is 5.92. The van der Waals surface area contributed by atoms with E-state index in [1.54, 1.807) is 7.05 Å². The Hall–Kier alpha value is -1.41. The zero-order chi connectivity index (χ0) is 15.6. The molecule has 0 bridgehead atoms. The van der Waals surface area contributed by atoms with E-state index in [9.17, 15) is 8.42 Å². The molecule has 7 nitrogen and oxygen atoms in total. The fourth-order valence-corrected chi connectivity index (χ4v) is 2.96. The van der Waals surface area contributed by atoms with E-state index in [1.807, 2.05) is 27.7 Å². The minimum absolute atomic E-state index is 0.417. The van der Waals surface area contributed by atoms with E-state index in [-0.39, 0.29) is 0 Å². The van der Waals surface area contributed by atoms with Crippen molar-refractivity contribution in [2.24, 2.45) is 0 Å². The van der Waals surface area contributed by atoms with Crippen molar-refractivity contribution in [3.8, 4) is 0 Å². The van der Waals surface area contributed by atoms with Gasteiger partial charge in [-0.05, 0) is 27.7 Å². The summed E-state index contributed by atoms with van der Waals surface area (Å²) in [5.74, 6) is 2.11. The van der Waals surface area contributed by atoms with Crippen molar-refractivity contribution in [3.63, 3.8) is 0 Å². The zero-order valence-corrected chi connectivity index (χ0v) is 13.6. The summed E-state index contributed by atoms with van der Waals surface area (Å²) < 4.78 is 25.2. The molecule has 1 aromatic rings. The minimum Gasteiger partial charge on any atom is -0.373 e. The molecule has 0 saturated carbocycles. The van der Waals surface area contributed by atoms with Crippen LogP contribution < -0.4 is 15.4 Å². The Morgan fingerprint density at radius 1 is 1.15 bits per heavy atom. The Labute approximate surface area is 120 Å². The molecule has 114 valence electrons. The Morgan fingerprint density at radius 2 is 1.70 bits per heavy atom. The Balaban J connectivity index is 2.87. The van der Waals surface area contributed by atoms with Crippen molar-refractivity contribution in [2.75, 3.05) is 30.5 Å². The van der Waals surface area contributed by atoms with E-state index < -0.39 is 15.6 Å². The molecule has 0 aromatic carbocycles. The van der Waals surface area contributed by atoms with Crippen LogP contribution >= 0.6 is 0 Å². The van der Waals surface area contributed by atoms with Crippen molar-refractivity contribution in [1.82, 2.24) is 14.7 Å². The highest BCUT2D eigenvalue weighted by molar-refractivity contribution is 7.88. The van der Waals surface area contributed by atoms with Gasteiger partial charge in [-0.3, -0.25) is 0 Å². The number of hydrogen-bond acceptors (Lipinski definition) is 6. The van der Waals surface area contributed by atoms with Gasteiger partial charge in [0.2, 0.25) is 10.0 Å². The quantitative estimate of drug-likeness (QED) is 0.721. The monoisotopic (exact) mass is 301 g/mol. The summed E-state index contributed by atoms with van der Waals surface area (Å²) in [5, 5.41) is 6.18. The Morgan fingerprint density at radius 3 is 2.20 bits per heavy atom. The molecule has 8 heteroatoms. The summed E-state index contributed by atoms with van der Waals surface area (Å²) in [5.41, 5.74) is 0.284. The maximum Gasteiger partial charge on any atom is 0.209 e. The highest BCUT2D eigenvalue weighted by atomic mass is 32.2. The summed E-state index contributed by atoms with van der Waals surface area (Å²) in [6, 6.07) is 0. The van der Waals surface area contributed by atoms with Gasteiger partial charge in [-0.15, -0.1) is 0 Å². The first-order valence-electron chi connectivity index (χ1n) is 6.30. The molecular weight excluding hydrogens is 278 g/mol. The normalized spacial score (nSPS) is 12.3. The standard InChI is InChI=1S/C12H23N5O2S/c1-8-10(13-5)15-9(2)16-11(8)14-7-12(3,4)17-20(6,18)19/h17H,7H2,1-6H3,(H2,13,14,15,16). The second-order valence-corrected chi connectivity index (χ2v) is 7.20. The molecule has 1 rings (SSSR count). The van der Waals surface area contributed by atoms with Crippen LogP contribution in [0.3, 0.4) is 0 Å². The molecule has 0 saturated heterocycles. The molecule has 3 N–H and O–H groups in total. The number of sulfonamides is 1. The summed E-state index contributed by atoms with van der Waals surface area (Å²) in [7, 11) is -1.45. The van der Waals surface area contributed by atoms with E-state index in [0.29, 0.717) is 18.2 Å². The van der Waals surface area contributed by atoms with Gasteiger partial charge in [0.1, 0.15) is 17.5 Å². The SMILES string of the molecule is CNc1nc(C)nc(NCC(C)(C)NS(C)(=O)=O)c1C. The van der Waals surface area contributed by atoms with Gasteiger partial charge in [-0.25, -0.2) is 23.1 Å². The third-order valence-electron chi connectivity index (χ3n) is 2.65. The van der Waals surface area contributed by atoms with Crippen LogP contribution in [-0.2, 0) is 10.0 Å². The zero-order valence-electron chi connectivity index (χ0n) is 12.8. The lowest BCUT2D eigenvalue weighted by atomic mass is 10.1. The van der Waals surface area contributed by atoms with Crippen LogP contribution in [-0.4, -0.2) is 43.8 Å². The first-order valence-corrected chi connectivity index (χ1v) is 8.19. The summed E-state index contributed by atoms with van der Waals surface area (Å²) in [4.78, 5) is 8.62. The third kappa shape index (κ3) is 4.93. The Kier molecular flexibility index (Phi) is 4.93. The van der Waals surface area contributed by atoms with Gasteiger partial charge in [-0.1, -0.05) is 0 Å². The first-order chi connectivity index (χ1) is 9.04. The van der Waals surface area contributed by atoms with E-state index in [4.69, 9.17) is 0 Å². The number of rotatable bonds is 6. The maximum absolute atomic E-state index is 11.3. The lowest BCUT2D eigenvalue weighted by Gasteiger charge is -2.26. The van der Waals surface area contributed by atoms with E-state index in [0.717, 1.165) is 17.6 Å². The first kappa shape index (κ1) is 16.6. The molecule has 0 fully saturated rings. The summed E-state index contributed by atoms with van der Waals surface area (Å²) in [6.07, 6.45) is 1.15. The molecule has 1 aromatic heterocycles. The van der Waals surface area contributed by atoms with Gasteiger partial charge in [-0.2, -0.15) is 0 Å². The molecule has 0 aliphatic heterocycles. The number of nitrogens with one attached hydrogen (secondary N) is 3. The van der Waals surface area contributed by atoms with Gasteiger partial charge < -0.3 is 10.6 Å². The van der Waals surface area contributed by atoms with Crippen molar-refractivity contribution in [2.45, 2.75) is 33.2 Å². The third-order valence-corrected chi connectivity index (χ3v) is 3.58.